The third kappa shape index (κ3) is 4.33. The Morgan fingerprint density at radius 3 is 2.55 bits per heavy atom. The highest BCUT2D eigenvalue weighted by Gasteiger charge is 2.27. The van der Waals surface area contributed by atoms with Gasteiger partial charge in [-0.3, -0.25) is 0 Å². The number of aryl methyl sites for hydroxylation is 1. The molecule has 0 radical (unpaired) electrons. The molecule has 3 aromatic heterocycles. The van der Waals surface area contributed by atoms with Crippen LogP contribution in [0.2, 0.25) is 0 Å². The van der Waals surface area contributed by atoms with Crippen LogP contribution in [0, 0.1) is 6.92 Å². The first-order valence-electron chi connectivity index (χ1n) is 10.6. The van der Waals surface area contributed by atoms with Crippen molar-refractivity contribution >= 4 is 28.3 Å². The molecule has 1 aliphatic heterocycles. The summed E-state index contributed by atoms with van der Waals surface area (Å²) in [6.45, 7) is 7.05. The number of nitrogens with one attached hydrogen (secondary N) is 1. The van der Waals surface area contributed by atoms with Gasteiger partial charge in [0.2, 0.25) is 0 Å². The van der Waals surface area contributed by atoms with Crippen LogP contribution in [0.4, 0.5) is 24.8 Å². The largest absolute Gasteiger partial charge is 0.390 e. The number of nitrogens with zero attached hydrogens (tertiary/aromatic N) is 6. The van der Waals surface area contributed by atoms with E-state index in [1.54, 1.807) is 12.1 Å². The van der Waals surface area contributed by atoms with Gasteiger partial charge in [-0.15, -0.1) is 0 Å². The van der Waals surface area contributed by atoms with Crippen molar-refractivity contribution in [2.75, 3.05) is 29.9 Å². The van der Waals surface area contributed by atoms with Crippen molar-refractivity contribution in [3.8, 4) is 11.4 Å². The van der Waals surface area contributed by atoms with Crippen molar-refractivity contribution in [2.45, 2.75) is 25.9 Å². The normalized spacial score (nSPS) is 14.5. The van der Waals surface area contributed by atoms with Gasteiger partial charge in [-0.2, -0.15) is 22.8 Å². The number of halogens is 3. The average molecular weight is 453 g/mol. The lowest BCUT2D eigenvalue weighted by molar-refractivity contribution is -0.131. The molecule has 170 valence electrons. The molecule has 1 aliphatic rings. The maximum Gasteiger partial charge on any atom is 0.390 e. The van der Waals surface area contributed by atoms with Gasteiger partial charge in [0.05, 0.1) is 23.1 Å². The zero-order chi connectivity index (χ0) is 23.2. The van der Waals surface area contributed by atoms with Crippen LogP contribution in [-0.4, -0.2) is 50.4 Å². The van der Waals surface area contributed by atoms with E-state index in [0.29, 0.717) is 40.9 Å². The molecule has 5 rings (SSSR count). The summed E-state index contributed by atoms with van der Waals surface area (Å²) in [5.41, 5.74) is 5.01. The van der Waals surface area contributed by atoms with Crippen molar-refractivity contribution in [1.29, 1.82) is 0 Å². The van der Waals surface area contributed by atoms with Crippen LogP contribution in [-0.2, 0) is 0 Å². The standard InChI is InChI=1S/C23H22F3N7/c1-14-7-10-32(13-14)20-12-19(27-9-8-23(24,25)26)33-21(30-20)11-18(31-33)22-15(2)28-16-5-3-4-6-17(16)29-22/h3-6,11-12,27H,1,7-10,13H2,2H3. The van der Waals surface area contributed by atoms with E-state index in [1.807, 2.05) is 31.2 Å². The Morgan fingerprint density at radius 2 is 1.85 bits per heavy atom. The lowest BCUT2D eigenvalue weighted by Gasteiger charge is -2.18. The predicted molar refractivity (Wildman–Crippen MR) is 121 cm³/mol. The second-order valence-corrected chi connectivity index (χ2v) is 8.16. The molecule has 0 amide bonds. The van der Waals surface area contributed by atoms with Crippen LogP contribution < -0.4 is 10.2 Å². The van der Waals surface area contributed by atoms with Crippen molar-refractivity contribution in [3.63, 3.8) is 0 Å². The van der Waals surface area contributed by atoms with Gasteiger partial charge in [0.15, 0.2) is 5.65 Å². The number of anilines is 2. The minimum Gasteiger partial charge on any atom is -0.370 e. The molecule has 4 heterocycles. The van der Waals surface area contributed by atoms with Gasteiger partial charge < -0.3 is 10.2 Å². The second kappa shape index (κ2) is 8.02. The maximum absolute atomic E-state index is 12.7. The number of para-hydroxylation sites is 2. The Hall–Kier alpha value is -3.69. The van der Waals surface area contributed by atoms with Gasteiger partial charge in [-0.1, -0.05) is 24.3 Å². The summed E-state index contributed by atoms with van der Waals surface area (Å²) in [5.74, 6) is 1.11. The van der Waals surface area contributed by atoms with Crippen LogP contribution in [0.1, 0.15) is 18.5 Å². The fourth-order valence-electron chi connectivity index (χ4n) is 3.94. The summed E-state index contributed by atoms with van der Waals surface area (Å²) < 4.78 is 39.7. The zero-order valence-electron chi connectivity index (χ0n) is 18.0. The smallest absolute Gasteiger partial charge is 0.370 e. The maximum atomic E-state index is 12.7. The summed E-state index contributed by atoms with van der Waals surface area (Å²) >= 11 is 0. The molecule has 4 aromatic rings. The summed E-state index contributed by atoms with van der Waals surface area (Å²) in [6.07, 6.45) is -4.34. The van der Waals surface area contributed by atoms with Crippen LogP contribution >= 0.6 is 0 Å². The first-order chi connectivity index (χ1) is 15.8. The van der Waals surface area contributed by atoms with Crippen LogP contribution in [0.5, 0.6) is 0 Å². The van der Waals surface area contributed by atoms with Gasteiger partial charge in [0.25, 0.3) is 0 Å². The van der Waals surface area contributed by atoms with Gasteiger partial charge in [0, 0.05) is 31.8 Å². The SMILES string of the molecule is C=C1CCN(c2cc(NCCC(F)(F)F)n3nc(-c4nc5ccccc5nc4C)cc3n2)C1. The molecule has 33 heavy (non-hydrogen) atoms. The van der Waals surface area contributed by atoms with Gasteiger partial charge in [0.1, 0.15) is 23.0 Å². The third-order valence-electron chi connectivity index (χ3n) is 5.59. The number of aromatic nitrogens is 5. The van der Waals surface area contributed by atoms with Crippen molar-refractivity contribution in [1.82, 2.24) is 24.6 Å². The first-order valence-corrected chi connectivity index (χ1v) is 10.6. The molecule has 0 atom stereocenters. The van der Waals surface area contributed by atoms with Crippen molar-refractivity contribution < 1.29 is 13.2 Å². The Labute approximate surface area is 188 Å². The molecule has 0 spiro atoms. The van der Waals surface area contributed by atoms with E-state index in [1.165, 1.54) is 4.52 Å². The number of hydrogen-bond donors (Lipinski definition) is 1. The number of hydrogen-bond acceptors (Lipinski definition) is 6. The number of alkyl halides is 3. The Morgan fingerprint density at radius 1 is 1.09 bits per heavy atom. The highest BCUT2D eigenvalue weighted by Crippen LogP contribution is 2.29. The molecule has 0 unspecified atom stereocenters. The summed E-state index contributed by atoms with van der Waals surface area (Å²) in [6, 6.07) is 11.1. The third-order valence-corrected chi connectivity index (χ3v) is 5.59. The minimum atomic E-state index is -4.25. The molecule has 1 saturated heterocycles. The molecule has 0 bridgehead atoms. The summed E-state index contributed by atoms with van der Waals surface area (Å²) in [5, 5.41) is 7.50. The number of fused-ring (bicyclic) bond motifs is 2. The number of rotatable bonds is 5. The fraction of sp³-hybridized carbons (Fsp3) is 0.304. The summed E-state index contributed by atoms with van der Waals surface area (Å²) in [7, 11) is 0. The van der Waals surface area contributed by atoms with Crippen LogP contribution in [0.25, 0.3) is 28.1 Å². The lowest BCUT2D eigenvalue weighted by Crippen LogP contribution is -2.21. The Bertz CT molecular complexity index is 1360. The molecular formula is C23H22F3N7. The second-order valence-electron chi connectivity index (χ2n) is 8.16. The van der Waals surface area contributed by atoms with Crippen LogP contribution in [0.15, 0.2) is 48.6 Å². The average Bonchev–Trinajstić information content (AvgIpc) is 3.38. The van der Waals surface area contributed by atoms with E-state index in [-0.39, 0.29) is 6.54 Å². The van der Waals surface area contributed by atoms with Crippen molar-refractivity contribution in [2.24, 2.45) is 0 Å². The Balaban J connectivity index is 1.58. The first kappa shape index (κ1) is 21.2. The summed E-state index contributed by atoms with van der Waals surface area (Å²) in [4.78, 5) is 16.1. The van der Waals surface area contributed by atoms with E-state index in [4.69, 9.17) is 9.97 Å². The van der Waals surface area contributed by atoms with E-state index in [9.17, 15) is 13.2 Å². The molecular weight excluding hydrogens is 431 g/mol. The van der Waals surface area contributed by atoms with E-state index < -0.39 is 12.6 Å². The molecule has 1 aromatic carbocycles. The number of benzene rings is 1. The minimum absolute atomic E-state index is 0.265. The van der Waals surface area contributed by atoms with Crippen molar-refractivity contribution in [3.05, 3.63) is 54.2 Å². The monoisotopic (exact) mass is 453 g/mol. The molecule has 0 aliphatic carbocycles. The van der Waals surface area contributed by atoms with E-state index in [2.05, 4.69) is 26.9 Å². The van der Waals surface area contributed by atoms with Gasteiger partial charge in [-0.25, -0.2) is 15.0 Å². The highest BCUT2D eigenvalue weighted by atomic mass is 19.4. The van der Waals surface area contributed by atoms with Gasteiger partial charge >= 0.3 is 6.18 Å². The van der Waals surface area contributed by atoms with Gasteiger partial charge in [-0.05, 0) is 25.5 Å². The van der Waals surface area contributed by atoms with E-state index in [0.717, 1.165) is 29.6 Å². The zero-order valence-corrected chi connectivity index (χ0v) is 18.0. The predicted octanol–water partition coefficient (Wildman–Crippen LogP) is 4.78. The molecule has 10 heteroatoms. The fourth-order valence-corrected chi connectivity index (χ4v) is 3.94. The Kier molecular flexibility index (Phi) is 5.15. The molecule has 7 nitrogen and oxygen atoms in total. The molecule has 1 N–H and O–H groups in total. The molecule has 1 fully saturated rings. The van der Waals surface area contributed by atoms with E-state index >= 15 is 0 Å². The quantitative estimate of drug-likeness (QED) is 0.439. The topological polar surface area (TPSA) is 71.2 Å². The van der Waals surface area contributed by atoms with Crippen LogP contribution in [0.3, 0.4) is 0 Å². The lowest BCUT2D eigenvalue weighted by atomic mass is 10.2. The highest BCUT2D eigenvalue weighted by molar-refractivity contribution is 5.78. The molecule has 0 saturated carbocycles.